The van der Waals surface area contributed by atoms with Crippen molar-refractivity contribution in [2.75, 3.05) is 33.5 Å². The average Bonchev–Trinajstić information content (AvgIpc) is 2.69. The Bertz CT molecular complexity index is 328. The van der Waals surface area contributed by atoms with Gasteiger partial charge in [0.05, 0.1) is 6.10 Å². The lowest BCUT2D eigenvalue weighted by Crippen LogP contribution is -2.33. The third kappa shape index (κ3) is 7.13. The molecule has 0 aromatic rings. The first-order valence-electron chi connectivity index (χ1n) is 11.5. The van der Waals surface area contributed by atoms with Crippen LogP contribution < -0.4 is 0 Å². The summed E-state index contributed by atoms with van der Waals surface area (Å²) in [4.78, 5) is 0. The van der Waals surface area contributed by atoms with Crippen LogP contribution >= 0.6 is 0 Å². The van der Waals surface area contributed by atoms with Crippen molar-refractivity contribution in [3.8, 4) is 0 Å². The zero-order chi connectivity index (χ0) is 18.0. The van der Waals surface area contributed by atoms with E-state index in [-0.39, 0.29) is 0 Å². The Labute approximate surface area is 161 Å². The van der Waals surface area contributed by atoms with Crippen LogP contribution in [0.25, 0.3) is 0 Å². The van der Waals surface area contributed by atoms with Gasteiger partial charge in [-0.05, 0) is 68.6 Å². The summed E-state index contributed by atoms with van der Waals surface area (Å²) in [6.45, 7) is 3.82. The monoisotopic (exact) mass is 366 g/mol. The van der Waals surface area contributed by atoms with Gasteiger partial charge in [-0.25, -0.2) is 0 Å². The summed E-state index contributed by atoms with van der Waals surface area (Å²) in [5, 5.41) is 0. The minimum Gasteiger partial charge on any atom is -0.381 e. The molecule has 3 aliphatic carbocycles. The molecule has 3 rings (SSSR count). The normalized spacial score (nSPS) is 32.0. The van der Waals surface area contributed by atoms with E-state index >= 15 is 0 Å². The van der Waals surface area contributed by atoms with Gasteiger partial charge in [0.1, 0.15) is 0 Å². The predicted molar refractivity (Wildman–Crippen MR) is 106 cm³/mol. The van der Waals surface area contributed by atoms with Crippen molar-refractivity contribution in [1.82, 2.24) is 0 Å². The quantitative estimate of drug-likeness (QED) is 0.531. The molecular formula is C23H42O3. The molecule has 0 spiro atoms. The maximum Gasteiger partial charge on any atom is 0.0578 e. The van der Waals surface area contributed by atoms with Gasteiger partial charge in [0, 0.05) is 33.5 Å². The molecule has 3 fully saturated rings. The van der Waals surface area contributed by atoms with Crippen LogP contribution in [0.2, 0.25) is 0 Å². The lowest BCUT2D eigenvalue weighted by Gasteiger charge is -2.34. The molecule has 0 aliphatic heterocycles. The molecule has 0 N–H and O–H groups in total. The second-order valence-electron chi connectivity index (χ2n) is 9.38. The molecule has 3 aliphatic rings. The summed E-state index contributed by atoms with van der Waals surface area (Å²) >= 11 is 0. The van der Waals surface area contributed by atoms with Crippen LogP contribution in [0.4, 0.5) is 0 Å². The van der Waals surface area contributed by atoms with E-state index in [0.717, 1.165) is 38.3 Å². The summed E-state index contributed by atoms with van der Waals surface area (Å²) in [5.74, 6) is 2.95. The molecule has 0 bridgehead atoms. The molecule has 0 aromatic heterocycles. The van der Waals surface area contributed by atoms with Gasteiger partial charge in [-0.1, -0.05) is 38.5 Å². The summed E-state index contributed by atoms with van der Waals surface area (Å²) < 4.78 is 18.0. The van der Waals surface area contributed by atoms with Crippen molar-refractivity contribution in [2.24, 2.45) is 23.7 Å². The molecule has 3 nitrogen and oxygen atoms in total. The highest BCUT2D eigenvalue weighted by atomic mass is 16.5. The Kier molecular flexibility index (Phi) is 9.24. The Hall–Kier alpha value is -0.120. The lowest BCUT2D eigenvalue weighted by molar-refractivity contribution is -0.0328. The van der Waals surface area contributed by atoms with E-state index < -0.39 is 0 Å². The number of hydrogen-bond acceptors (Lipinski definition) is 3. The highest BCUT2D eigenvalue weighted by Crippen LogP contribution is 2.32. The standard InChI is InChI=1S/C23H42O3/c1-24-23-13-21(17-25-15-19-8-4-2-5-9-19)12-22(14-23)18-26-16-20-10-6-3-7-11-20/h19-23H,2-18H2,1H3. The maximum absolute atomic E-state index is 6.16. The molecule has 0 aromatic carbocycles. The molecule has 3 heteroatoms. The Morgan fingerprint density at radius 1 is 0.538 bits per heavy atom. The zero-order valence-corrected chi connectivity index (χ0v) is 17.1. The SMILES string of the molecule is COC1CC(COCC2CCCCC2)CC(COCC2CCCCC2)C1. The van der Waals surface area contributed by atoms with Gasteiger partial charge >= 0.3 is 0 Å². The van der Waals surface area contributed by atoms with Crippen molar-refractivity contribution in [1.29, 1.82) is 0 Å². The predicted octanol–water partition coefficient (Wildman–Crippen LogP) is 5.61. The first-order valence-corrected chi connectivity index (χ1v) is 11.5. The van der Waals surface area contributed by atoms with Crippen LogP contribution in [-0.4, -0.2) is 39.6 Å². The number of methoxy groups -OCH3 is 1. The van der Waals surface area contributed by atoms with Crippen LogP contribution in [0.1, 0.15) is 83.5 Å². The summed E-state index contributed by atoms with van der Waals surface area (Å²) in [5.41, 5.74) is 0. The van der Waals surface area contributed by atoms with Crippen molar-refractivity contribution in [3.63, 3.8) is 0 Å². The molecule has 3 saturated carbocycles. The highest BCUT2D eigenvalue weighted by molar-refractivity contribution is 4.80. The average molecular weight is 367 g/mol. The van der Waals surface area contributed by atoms with E-state index in [9.17, 15) is 0 Å². The van der Waals surface area contributed by atoms with E-state index in [1.165, 1.54) is 83.5 Å². The van der Waals surface area contributed by atoms with Crippen molar-refractivity contribution in [2.45, 2.75) is 89.6 Å². The smallest absolute Gasteiger partial charge is 0.0578 e. The highest BCUT2D eigenvalue weighted by Gasteiger charge is 2.29. The fraction of sp³-hybridized carbons (Fsp3) is 1.00. The Morgan fingerprint density at radius 2 is 0.962 bits per heavy atom. The van der Waals surface area contributed by atoms with Crippen LogP contribution in [0.3, 0.4) is 0 Å². The van der Waals surface area contributed by atoms with Gasteiger partial charge in [-0.2, -0.15) is 0 Å². The second-order valence-corrected chi connectivity index (χ2v) is 9.38. The van der Waals surface area contributed by atoms with Crippen molar-refractivity contribution in [3.05, 3.63) is 0 Å². The number of hydrogen-bond donors (Lipinski definition) is 0. The van der Waals surface area contributed by atoms with Gasteiger partial charge < -0.3 is 14.2 Å². The topological polar surface area (TPSA) is 27.7 Å². The fourth-order valence-corrected chi connectivity index (χ4v) is 5.48. The third-order valence-corrected chi connectivity index (χ3v) is 7.06. The first-order chi connectivity index (χ1) is 12.8. The number of ether oxygens (including phenoxy) is 3. The molecule has 2 atom stereocenters. The molecule has 0 saturated heterocycles. The van der Waals surface area contributed by atoms with E-state index in [0.29, 0.717) is 17.9 Å². The molecule has 0 amide bonds. The summed E-state index contributed by atoms with van der Waals surface area (Å²) in [6.07, 6.45) is 18.0. The molecule has 26 heavy (non-hydrogen) atoms. The van der Waals surface area contributed by atoms with Crippen molar-refractivity contribution >= 4 is 0 Å². The van der Waals surface area contributed by atoms with E-state index in [4.69, 9.17) is 14.2 Å². The van der Waals surface area contributed by atoms with Crippen LogP contribution in [0.5, 0.6) is 0 Å². The fourth-order valence-electron chi connectivity index (χ4n) is 5.48. The van der Waals surface area contributed by atoms with Gasteiger partial charge in [0.15, 0.2) is 0 Å². The maximum atomic E-state index is 6.16. The largest absolute Gasteiger partial charge is 0.381 e. The summed E-state index contributed by atoms with van der Waals surface area (Å²) in [6, 6.07) is 0. The van der Waals surface area contributed by atoms with Crippen molar-refractivity contribution < 1.29 is 14.2 Å². The second kappa shape index (κ2) is 11.7. The molecule has 0 heterocycles. The van der Waals surface area contributed by atoms with E-state index in [1.807, 2.05) is 7.11 Å². The number of rotatable bonds is 9. The Morgan fingerprint density at radius 3 is 1.38 bits per heavy atom. The Balaban J connectivity index is 1.33. The zero-order valence-electron chi connectivity index (χ0n) is 17.1. The van der Waals surface area contributed by atoms with Gasteiger partial charge in [-0.15, -0.1) is 0 Å². The van der Waals surface area contributed by atoms with Crippen LogP contribution in [0.15, 0.2) is 0 Å². The summed E-state index contributed by atoms with van der Waals surface area (Å²) in [7, 11) is 1.87. The van der Waals surface area contributed by atoms with Gasteiger partial charge in [-0.3, -0.25) is 0 Å². The van der Waals surface area contributed by atoms with Crippen LogP contribution in [0, 0.1) is 23.7 Å². The molecule has 2 unspecified atom stereocenters. The molecule has 152 valence electrons. The minimum absolute atomic E-state index is 0.398. The molecular weight excluding hydrogens is 324 g/mol. The van der Waals surface area contributed by atoms with E-state index in [2.05, 4.69) is 0 Å². The van der Waals surface area contributed by atoms with Crippen LogP contribution in [-0.2, 0) is 14.2 Å². The van der Waals surface area contributed by atoms with Gasteiger partial charge in [0.25, 0.3) is 0 Å². The third-order valence-electron chi connectivity index (χ3n) is 7.06. The lowest BCUT2D eigenvalue weighted by atomic mass is 9.80. The van der Waals surface area contributed by atoms with Gasteiger partial charge in [0.2, 0.25) is 0 Å². The van der Waals surface area contributed by atoms with E-state index in [1.54, 1.807) is 0 Å². The first kappa shape index (κ1) is 20.6. The minimum atomic E-state index is 0.398. The molecule has 0 radical (unpaired) electrons.